The van der Waals surface area contributed by atoms with Crippen molar-refractivity contribution in [3.63, 3.8) is 0 Å². The van der Waals surface area contributed by atoms with Crippen LogP contribution in [0.25, 0.3) is 0 Å². The summed E-state index contributed by atoms with van der Waals surface area (Å²) in [6, 6.07) is 5.18. The fraction of sp³-hybridized carbons (Fsp3) is 0.579. The van der Waals surface area contributed by atoms with E-state index in [1.54, 1.807) is 16.4 Å². The molecule has 4 rings (SSSR count). The molecule has 2 aliphatic rings. The molecule has 140 valence electrons. The molecule has 2 aromatic rings. The van der Waals surface area contributed by atoms with Gasteiger partial charge in [0.05, 0.1) is 10.9 Å². The molecule has 6 nitrogen and oxygen atoms in total. The Morgan fingerprint density at radius 1 is 1.00 bits per heavy atom. The molecular formula is C19H26N4O2S. The van der Waals surface area contributed by atoms with Crippen molar-refractivity contribution >= 4 is 10.0 Å². The van der Waals surface area contributed by atoms with Gasteiger partial charge in [-0.15, -0.1) is 10.2 Å². The first-order chi connectivity index (χ1) is 12.5. The average Bonchev–Trinajstić information content (AvgIpc) is 3.18. The number of fused-ring (bicyclic) bond motifs is 1. The largest absolute Gasteiger partial charge is 0.314 e. The number of rotatable bonds is 3. The molecular weight excluding hydrogens is 348 g/mol. The maximum atomic E-state index is 13.3. The van der Waals surface area contributed by atoms with E-state index < -0.39 is 10.0 Å². The van der Waals surface area contributed by atoms with Crippen LogP contribution in [0.2, 0.25) is 0 Å². The van der Waals surface area contributed by atoms with Gasteiger partial charge in [-0.2, -0.15) is 4.31 Å². The Bertz CT molecular complexity index is 920. The third kappa shape index (κ3) is 2.97. The molecule has 0 spiro atoms. The van der Waals surface area contributed by atoms with Gasteiger partial charge in [0.25, 0.3) is 0 Å². The highest BCUT2D eigenvalue weighted by Gasteiger charge is 2.39. The summed E-state index contributed by atoms with van der Waals surface area (Å²) in [6.07, 6.45) is 6.03. The molecule has 1 saturated heterocycles. The molecule has 0 radical (unpaired) electrons. The van der Waals surface area contributed by atoms with E-state index in [1.807, 2.05) is 19.9 Å². The van der Waals surface area contributed by atoms with E-state index in [9.17, 15) is 8.42 Å². The van der Waals surface area contributed by atoms with Gasteiger partial charge in [-0.3, -0.25) is 0 Å². The van der Waals surface area contributed by atoms with E-state index in [0.29, 0.717) is 11.4 Å². The molecule has 1 unspecified atom stereocenters. The van der Waals surface area contributed by atoms with Crippen molar-refractivity contribution in [3.8, 4) is 0 Å². The molecule has 0 N–H and O–H groups in total. The van der Waals surface area contributed by atoms with E-state index >= 15 is 0 Å². The Labute approximate surface area is 155 Å². The molecule has 0 bridgehead atoms. The molecule has 1 aromatic heterocycles. The lowest BCUT2D eigenvalue weighted by molar-refractivity contribution is 0.370. The number of aromatic nitrogens is 3. The summed E-state index contributed by atoms with van der Waals surface area (Å²) >= 11 is 0. The summed E-state index contributed by atoms with van der Waals surface area (Å²) < 4.78 is 30.4. The SMILES string of the molecule is Cc1ccc(S(=O)(=O)N2CCCC2c2nnc3n2CCCCC3)cc1C. The zero-order chi connectivity index (χ0) is 18.3. The second-order valence-corrected chi connectivity index (χ2v) is 9.35. The van der Waals surface area contributed by atoms with Gasteiger partial charge in [-0.1, -0.05) is 12.5 Å². The maximum Gasteiger partial charge on any atom is 0.243 e. The van der Waals surface area contributed by atoms with Crippen molar-refractivity contribution in [1.82, 2.24) is 19.1 Å². The molecule has 3 heterocycles. The molecule has 1 fully saturated rings. The van der Waals surface area contributed by atoms with Gasteiger partial charge in [0.1, 0.15) is 5.82 Å². The van der Waals surface area contributed by atoms with Crippen molar-refractivity contribution in [2.45, 2.75) is 69.9 Å². The van der Waals surface area contributed by atoms with E-state index in [1.165, 1.54) is 6.42 Å². The fourth-order valence-corrected chi connectivity index (χ4v) is 5.79. The molecule has 2 aliphatic heterocycles. The van der Waals surface area contributed by atoms with Crippen LogP contribution in [-0.4, -0.2) is 34.0 Å². The number of benzene rings is 1. The minimum atomic E-state index is -3.54. The van der Waals surface area contributed by atoms with Crippen LogP contribution in [0.4, 0.5) is 0 Å². The maximum absolute atomic E-state index is 13.3. The van der Waals surface area contributed by atoms with Gasteiger partial charge in [0.15, 0.2) is 5.82 Å². The van der Waals surface area contributed by atoms with Gasteiger partial charge < -0.3 is 4.57 Å². The second-order valence-electron chi connectivity index (χ2n) is 7.46. The zero-order valence-corrected chi connectivity index (χ0v) is 16.3. The summed E-state index contributed by atoms with van der Waals surface area (Å²) in [5.41, 5.74) is 2.10. The second kappa shape index (κ2) is 6.78. The van der Waals surface area contributed by atoms with Crippen LogP contribution in [-0.2, 0) is 23.0 Å². The van der Waals surface area contributed by atoms with Gasteiger partial charge in [0, 0.05) is 19.5 Å². The van der Waals surface area contributed by atoms with Crippen LogP contribution in [0.15, 0.2) is 23.1 Å². The third-order valence-electron chi connectivity index (χ3n) is 5.72. The third-order valence-corrected chi connectivity index (χ3v) is 7.63. The zero-order valence-electron chi connectivity index (χ0n) is 15.5. The summed E-state index contributed by atoms with van der Waals surface area (Å²) in [5, 5.41) is 8.79. The van der Waals surface area contributed by atoms with E-state index in [-0.39, 0.29) is 6.04 Å². The number of hydrogen-bond donors (Lipinski definition) is 0. The average molecular weight is 375 g/mol. The molecule has 7 heteroatoms. The first kappa shape index (κ1) is 17.7. The molecule has 0 aliphatic carbocycles. The normalized spacial score (nSPS) is 21.5. The first-order valence-corrected chi connectivity index (χ1v) is 10.9. The molecule has 1 aromatic carbocycles. The lowest BCUT2D eigenvalue weighted by Gasteiger charge is -2.24. The first-order valence-electron chi connectivity index (χ1n) is 9.49. The van der Waals surface area contributed by atoms with Crippen molar-refractivity contribution < 1.29 is 8.42 Å². The predicted molar refractivity (Wildman–Crippen MR) is 99.4 cm³/mol. The minimum absolute atomic E-state index is 0.207. The van der Waals surface area contributed by atoms with Crippen LogP contribution >= 0.6 is 0 Å². The topological polar surface area (TPSA) is 68.1 Å². The van der Waals surface area contributed by atoms with Crippen LogP contribution in [0.1, 0.15) is 60.9 Å². The van der Waals surface area contributed by atoms with Crippen LogP contribution in [0.5, 0.6) is 0 Å². The predicted octanol–water partition coefficient (Wildman–Crippen LogP) is 3.15. The number of hydrogen-bond acceptors (Lipinski definition) is 4. The lowest BCUT2D eigenvalue weighted by Crippen LogP contribution is -2.32. The Morgan fingerprint density at radius 2 is 1.85 bits per heavy atom. The Hall–Kier alpha value is -1.73. The van der Waals surface area contributed by atoms with Gasteiger partial charge in [-0.25, -0.2) is 8.42 Å². The smallest absolute Gasteiger partial charge is 0.243 e. The standard InChI is InChI=1S/C19H26N4O2S/c1-14-9-10-16(13-15(14)2)26(24,25)23-12-6-7-17(23)19-21-20-18-8-4-3-5-11-22(18)19/h9-10,13,17H,3-8,11-12H2,1-2H3. The number of aryl methyl sites for hydroxylation is 3. The summed E-state index contributed by atoms with van der Waals surface area (Å²) in [4.78, 5) is 0.378. The van der Waals surface area contributed by atoms with Crippen molar-refractivity contribution in [3.05, 3.63) is 41.0 Å². The summed E-state index contributed by atoms with van der Waals surface area (Å²) in [6.45, 7) is 5.39. The quantitative estimate of drug-likeness (QED) is 0.828. The van der Waals surface area contributed by atoms with Gasteiger partial charge in [-0.05, 0) is 62.8 Å². The Kier molecular flexibility index (Phi) is 4.61. The van der Waals surface area contributed by atoms with E-state index in [4.69, 9.17) is 0 Å². The molecule has 1 atom stereocenters. The minimum Gasteiger partial charge on any atom is -0.314 e. The summed E-state index contributed by atoms with van der Waals surface area (Å²) in [7, 11) is -3.54. The highest BCUT2D eigenvalue weighted by Crippen LogP contribution is 2.36. The number of sulfonamides is 1. The van der Waals surface area contributed by atoms with E-state index in [2.05, 4.69) is 14.8 Å². The monoisotopic (exact) mass is 374 g/mol. The van der Waals surface area contributed by atoms with Crippen molar-refractivity contribution in [2.75, 3.05) is 6.54 Å². The number of nitrogens with zero attached hydrogens (tertiary/aromatic N) is 4. The van der Waals surface area contributed by atoms with E-state index in [0.717, 1.165) is 61.4 Å². The fourth-order valence-electron chi connectivity index (χ4n) is 4.05. The molecule has 26 heavy (non-hydrogen) atoms. The van der Waals surface area contributed by atoms with Gasteiger partial charge in [0.2, 0.25) is 10.0 Å². The Balaban J connectivity index is 1.70. The lowest BCUT2D eigenvalue weighted by atomic mass is 10.1. The van der Waals surface area contributed by atoms with Crippen LogP contribution in [0.3, 0.4) is 0 Å². The highest BCUT2D eigenvalue weighted by molar-refractivity contribution is 7.89. The molecule has 0 amide bonds. The van der Waals surface area contributed by atoms with Crippen LogP contribution < -0.4 is 0 Å². The van der Waals surface area contributed by atoms with Crippen LogP contribution in [0, 0.1) is 13.8 Å². The Morgan fingerprint density at radius 3 is 2.65 bits per heavy atom. The van der Waals surface area contributed by atoms with Crippen molar-refractivity contribution in [2.24, 2.45) is 0 Å². The van der Waals surface area contributed by atoms with Crippen molar-refractivity contribution in [1.29, 1.82) is 0 Å². The summed E-state index contributed by atoms with van der Waals surface area (Å²) in [5.74, 6) is 1.83. The highest BCUT2D eigenvalue weighted by atomic mass is 32.2. The molecule has 0 saturated carbocycles. The van der Waals surface area contributed by atoms with Gasteiger partial charge >= 0.3 is 0 Å².